The molecule has 1 aliphatic rings. The monoisotopic (exact) mass is 277 g/mol. The molecule has 2 aromatic rings. The molecule has 1 fully saturated rings. The second-order valence-electron chi connectivity index (χ2n) is 4.23. The lowest BCUT2D eigenvalue weighted by molar-refractivity contribution is 0.414. The van der Waals surface area contributed by atoms with Crippen molar-refractivity contribution in [3.05, 3.63) is 28.4 Å². The van der Waals surface area contributed by atoms with Crippen molar-refractivity contribution in [3.8, 4) is 0 Å². The molecule has 0 aliphatic heterocycles. The Bertz CT molecular complexity index is 549. The predicted octanol–water partition coefficient (Wildman–Crippen LogP) is 3.24. The van der Waals surface area contributed by atoms with Crippen molar-refractivity contribution < 1.29 is 0 Å². The number of nitrogens with two attached hydrogens (primary N) is 1. The summed E-state index contributed by atoms with van der Waals surface area (Å²) in [7, 11) is 0. The molecule has 0 bridgehead atoms. The summed E-state index contributed by atoms with van der Waals surface area (Å²) in [6.07, 6.45) is 3.74. The summed E-state index contributed by atoms with van der Waals surface area (Å²) in [6.45, 7) is 0. The highest BCUT2D eigenvalue weighted by Crippen LogP contribution is 2.39. The Morgan fingerprint density at radius 2 is 2.06 bits per heavy atom. The Labute approximate surface area is 102 Å². The van der Waals surface area contributed by atoms with E-state index >= 15 is 0 Å². The van der Waals surface area contributed by atoms with E-state index in [4.69, 9.17) is 5.73 Å². The first-order valence-corrected chi connectivity index (χ1v) is 6.26. The van der Waals surface area contributed by atoms with E-state index in [0.717, 1.165) is 21.1 Å². The molecular weight excluding hydrogens is 266 g/mol. The van der Waals surface area contributed by atoms with Gasteiger partial charge in [0.25, 0.3) is 0 Å². The van der Waals surface area contributed by atoms with Gasteiger partial charge < -0.3 is 5.73 Å². The van der Waals surface area contributed by atoms with Crippen molar-refractivity contribution in [1.29, 1.82) is 0 Å². The maximum absolute atomic E-state index is 5.77. The molecule has 0 atom stereocenters. The van der Waals surface area contributed by atoms with Crippen molar-refractivity contribution in [2.45, 2.75) is 25.2 Å². The first kappa shape index (κ1) is 10.0. The number of fused-ring (bicyclic) bond motifs is 1. The van der Waals surface area contributed by atoms with E-state index in [-0.39, 0.29) is 0 Å². The van der Waals surface area contributed by atoms with Crippen molar-refractivity contribution >= 4 is 32.8 Å². The summed E-state index contributed by atoms with van der Waals surface area (Å²) in [5.74, 6) is 0.948. The van der Waals surface area contributed by atoms with Gasteiger partial charge in [-0.15, -0.1) is 0 Å². The minimum atomic E-state index is 0.376. The molecule has 1 aliphatic carbocycles. The number of rotatable bonds is 1. The molecular formula is C12H12BrN3. The fourth-order valence-corrected chi connectivity index (χ4v) is 2.61. The third kappa shape index (κ3) is 1.48. The van der Waals surface area contributed by atoms with Gasteiger partial charge in [-0.3, -0.25) is 0 Å². The first-order valence-electron chi connectivity index (χ1n) is 5.47. The minimum absolute atomic E-state index is 0.376. The fourth-order valence-electron chi connectivity index (χ4n) is 2.15. The molecule has 1 heterocycles. The van der Waals surface area contributed by atoms with Gasteiger partial charge in [-0.05, 0) is 34.8 Å². The molecule has 3 rings (SSSR count). The fraction of sp³-hybridized carbons (Fsp3) is 0.333. The number of benzene rings is 1. The van der Waals surface area contributed by atoms with Crippen molar-refractivity contribution in [3.63, 3.8) is 0 Å². The van der Waals surface area contributed by atoms with Gasteiger partial charge in [0.05, 0.1) is 11.2 Å². The maximum atomic E-state index is 5.77. The summed E-state index contributed by atoms with van der Waals surface area (Å²) in [5.41, 5.74) is 7.82. The van der Waals surface area contributed by atoms with Crippen LogP contribution in [0.25, 0.3) is 10.9 Å². The van der Waals surface area contributed by atoms with E-state index in [2.05, 4.69) is 32.0 Å². The molecule has 16 heavy (non-hydrogen) atoms. The zero-order valence-corrected chi connectivity index (χ0v) is 10.4. The average molecular weight is 278 g/mol. The van der Waals surface area contributed by atoms with Crippen LogP contribution in [-0.4, -0.2) is 9.97 Å². The molecule has 0 saturated heterocycles. The van der Waals surface area contributed by atoms with Crippen molar-refractivity contribution in [1.82, 2.24) is 9.97 Å². The largest absolute Gasteiger partial charge is 0.368 e. The number of nitrogens with zero attached hydrogens (tertiary/aromatic N) is 2. The molecule has 0 radical (unpaired) electrons. The molecule has 2 N–H and O–H groups in total. The van der Waals surface area contributed by atoms with Gasteiger partial charge in [0.1, 0.15) is 0 Å². The molecule has 82 valence electrons. The third-order valence-electron chi connectivity index (χ3n) is 3.22. The standard InChI is InChI=1S/C12H12BrN3/c13-9-6-2-5-8-10(7-3-1-4-7)15-12(14)16-11(8)9/h2,5-7H,1,3-4H2,(H2,14,15,16). The highest BCUT2D eigenvalue weighted by atomic mass is 79.9. The summed E-state index contributed by atoms with van der Waals surface area (Å²) in [6, 6.07) is 6.08. The Morgan fingerprint density at radius 1 is 1.25 bits per heavy atom. The second kappa shape index (κ2) is 3.70. The number of para-hydroxylation sites is 1. The van der Waals surface area contributed by atoms with E-state index in [1.54, 1.807) is 0 Å². The highest BCUT2D eigenvalue weighted by molar-refractivity contribution is 9.10. The van der Waals surface area contributed by atoms with Crippen LogP contribution >= 0.6 is 15.9 Å². The number of hydrogen-bond donors (Lipinski definition) is 1. The number of hydrogen-bond acceptors (Lipinski definition) is 3. The quantitative estimate of drug-likeness (QED) is 0.871. The summed E-state index contributed by atoms with van der Waals surface area (Å²) < 4.78 is 0.986. The van der Waals surface area contributed by atoms with Crippen molar-refractivity contribution in [2.75, 3.05) is 5.73 Å². The van der Waals surface area contributed by atoms with E-state index in [1.165, 1.54) is 19.3 Å². The topological polar surface area (TPSA) is 51.8 Å². The molecule has 4 heteroatoms. The van der Waals surface area contributed by atoms with Crippen LogP contribution in [0.1, 0.15) is 30.9 Å². The van der Waals surface area contributed by atoms with Crippen molar-refractivity contribution in [2.24, 2.45) is 0 Å². The zero-order chi connectivity index (χ0) is 11.1. The van der Waals surface area contributed by atoms with Crippen LogP contribution in [0.5, 0.6) is 0 Å². The second-order valence-corrected chi connectivity index (χ2v) is 5.09. The highest BCUT2D eigenvalue weighted by Gasteiger charge is 2.24. The van der Waals surface area contributed by atoms with Crippen LogP contribution in [0.15, 0.2) is 22.7 Å². The summed E-state index contributed by atoms with van der Waals surface area (Å²) in [5, 5.41) is 1.13. The lowest BCUT2D eigenvalue weighted by atomic mass is 9.81. The number of nitrogen functional groups attached to an aromatic ring is 1. The summed E-state index contributed by atoms with van der Waals surface area (Å²) in [4.78, 5) is 8.71. The molecule has 1 aromatic carbocycles. The lowest BCUT2D eigenvalue weighted by Crippen LogP contribution is -2.13. The normalized spacial score (nSPS) is 16.3. The molecule has 3 nitrogen and oxygen atoms in total. The van der Waals surface area contributed by atoms with Crippen LogP contribution in [0, 0.1) is 0 Å². The predicted molar refractivity (Wildman–Crippen MR) is 68.2 cm³/mol. The molecule has 0 spiro atoms. The summed E-state index contributed by atoms with van der Waals surface area (Å²) >= 11 is 3.51. The third-order valence-corrected chi connectivity index (χ3v) is 3.86. The van der Waals surface area contributed by atoms with Crippen LogP contribution in [0.3, 0.4) is 0 Å². The Morgan fingerprint density at radius 3 is 2.75 bits per heavy atom. The van der Waals surface area contributed by atoms with Gasteiger partial charge in [0.2, 0.25) is 5.95 Å². The zero-order valence-electron chi connectivity index (χ0n) is 8.78. The molecule has 0 amide bonds. The van der Waals surface area contributed by atoms with Crippen LogP contribution in [0.2, 0.25) is 0 Å². The minimum Gasteiger partial charge on any atom is -0.368 e. The first-order chi connectivity index (χ1) is 7.75. The van der Waals surface area contributed by atoms with Gasteiger partial charge in [0.15, 0.2) is 0 Å². The van der Waals surface area contributed by atoms with E-state index in [9.17, 15) is 0 Å². The van der Waals surface area contributed by atoms with Crippen LogP contribution in [0.4, 0.5) is 5.95 Å². The lowest BCUT2D eigenvalue weighted by Gasteiger charge is -2.25. The van der Waals surface area contributed by atoms with Gasteiger partial charge in [-0.1, -0.05) is 18.6 Å². The average Bonchev–Trinajstić information content (AvgIpc) is 2.17. The smallest absolute Gasteiger partial charge is 0.220 e. The van der Waals surface area contributed by atoms with Crippen LogP contribution in [-0.2, 0) is 0 Å². The molecule has 1 aromatic heterocycles. The van der Waals surface area contributed by atoms with Gasteiger partial charge in [0, 0.05) is 15.8 Å². The van der Waals surface area contributed by atoms with Gasteiger partial charge in [-0.2, -0.15) is 0 Å². The number of anilines is 1. The Kier molecular flexibility index (Phi) is 2.32. The van der Waals surface area contributed by atoms with Crippen LogP contribution < -0.4 is 5.73 Å². The van der Waals surface area contributed by atoms with Gasteiger partial charge >= 0.3 is 0 Å². The van der Waals surface area contributed by atoms with E-state index in [1.807, 2.05) is 12.1 Å². The van der Waals surface area contributed by atoms with E-state index < -0.39 is 0 Å². The SMILES string of the molecule is Nc1nc(C2CCC2)c2cccc(Br)c2n1. The van der Waals surface area contributed by atoms with E-state index in [0.29, 0.717) is 11.9 Å². The molecule has 0 unspecified atom stereocenters. The Hall–Kier alpha value is -1.16. The number of halogens is 1. The molecule has 1 saturated carbocycles. The Balaban J connectivity index is 2.29. The maximum Gasteiger partial charge on any atom is 0.220 e. The number of aromatic nitrogens is 2. The van der Waals surface area contributed by atoms with Gasteiger partial charge in [-0.25, -0.2) is 9.97 Å².